The first-order valence-corrected chi connectivity index (χ1v) is 5.55. The minimum Gasteiger partial charge on any atom is -0.461 e. The van der Waals surface area contributed by atoms with E-state index >= 15 is 0 Å². The first kappa shape index (κ1) is 13.6. The van der Waals surface area contributed by atoms with E-state index in [4.69, 9.17) is 0 Å². The second-order valence-electron chi connectivity index (χ2n) is 2.47. The number of ether oxygens (including phenoxy) is 2. The number of hydrogen-bond acceptors (Lipinski definition) is 4. The highest BCUT2D eigenvalue weighted by atomic mass is 32.2. The lowest BCUT2D eigenvalue weighted by molar-refractivity contribution is -0.179. The minimum atomic E-state index is -3.53. The molecule has 0 aliphatic heterocycles. The van der Waals surface area contributed by atoms with E-state index in [0.717, 1.165) is 0 Å². The lowest BCUT2D eigenvalue weighted by atomic mass is 10.4. The summed E-state index contributed by atoms with van der Waals surface area (Å²) in [6.07, 6.45) is 1.84. The first-order chi connectivity index (χ1) is 6.54. The Morgan fingerprint density at radius 3 is 2.64 bits per heavy atom. The monoisotopic (exact) mass is 228 g/mol. The van der Waals surface area contributed by atoms with Crippen molar-refractivity contribution >= 4 is 17.7 Å². The summed E-state index contributed by atoms with van der Waals surface area (Å²) in [4.78, 5) is 10.7. The summed E-state index contributed by atoms with van der Waals surface area (Å²) < 4.78 is 34.5. The maximum Gasteiger partial charge on any atom is 0.379 e. The zero-order chi connectivity index (χ0) is 11.0. The molecule has 0 aromatic rings. The molecule has 84 valence electrons. The van der Waals surface area contributed by atoms with Crippen LogP contribution in [0, 0.1) is 0 Å². The molecule has 0 unspecified atom stereocenters. The van der Waals surface area contributed by atoms with Gasteiger partial charge in [-0.15, -0.1) is 0 Å². The highest BCUT2D eigenvalue weighted by Crippen LogP contribution is 2.16. The molecular weight excluding hydrogens is 214 g/mol. The van der Waals surface area contributed by atoms with Gasteiger partial charge in [0.05, 0.1) is 13.2 Å². The van der Waals surface area contributed by atoms with Crippen molar-refractivity contribution in [2.24, 2.45) is 0 Å². The molecule has 0 saturated heterocycles. The fraction of sp³-hybridized carbons (Fsp3) is 0.875. The van der Waals surface area contributed by atoms with Crippen LogP contribution in [0.2, 0.25) is 0 Å². The van der Waals surface area contributed by atoms with Crippen molar-refractivity contribution < 1.29 is 23.0 Å². The van der Waals surface area contributed by atoms with E-state index < -0.39 is 18.5 Å². The smallest absolute Gasteiger partial charge is 0.379 e. The predicted molar refractivity (Wildman–Crippen MR) is 50.8 cm³/mol. The second-order valence-corrected chi connectivity index (χ2v) is 3.46. The molecule has 0 aliphatic rings. The summed E-state index contributed by atoms with van der Waals surface area (Å²) >= 11 is 1.48. The normalized spacial score (nSPS) is 11.4. The van der Waals surface area contributed by atoms with Gasteiger partial charge in [-0.25, -0.2) is 4.79 Å². The third-order valence-electron chi connectivity index (χ3n) is 1.29. The average molecular weight is 228 g/mol. The third kappa shape index (κ3) is 5.39. The van der Waals surface area contributed by atoms with Crippen LogP contribution >= 0.6 is 11.8 Å². The predicted octanol–water partition coefficient (Wildman–Crippen LogP) is 1.56. The van der Waals surface area contributed by atoms with Crippen LogP contribution in [0.5, 0.6) is 0 Å². The molecule has 14 heavy (non-hydrogen) atoms. The summed E-state index contributed by atoms with van der Waals surface area (Å²) in [7, 11) is 0. The van der Waals surface area contributed by atoms with E-state index in [9.17, 15) is 13.6 Å². The molecule has 0 aromatic carbocycles. The Morgan fingerprint density at radius 2 is 2.14 bits per heavy atom. The molecule has 0 aliphatic carbocycles. The number of carbonyl (C=O) groups excluding carboxylic acids is 1. The van der Waals surface area contributed by atoms with Crippen molar-refractivity contribution in [2.45, 2.75) is 12.8 Å². The zero-order valence-electron chi connectivity index (χ0n) is 8.22. The molecule has 0 radical (unpaired) electrons. The van der Waals surface area contributed by atoms with Crippen LogP contribution in [0.4, 0.5) is 8.78 Å². The number of halogens is 2. The van der Waals surface area contributed by atoms with Crippen molar-refractivity contribution in [3.05, 3.63) is 0 Å². The molecule has 0 aromatic heterocycles. The Morgan fingerprint density at radius 1 is 1.50 bits per heavy atom. The van der Waals surface area contributed by atoms with Crippen LogP contribution < -0.4 is 0 Å². The molecule has 0 heterocycles. The lowest BCUT2D eigenvalue weighted by Gasteiger charge is -2.14. The van der Waals surface area contributed by atoms with Crippen molar-refractivity contribution in [1.29, 1.82) is 0 Å². The highest BCUT2D eigenvalue weighted by Gasteiger charge is 2.40. The van der Waals surface area contributed by atoms with E-state index in [0.29, 0.717) is 5.75 Å². The van der Waals surface area contributed by atoms with Gasteiger partial charge in [-0.1, -0.05) is 0 Å². The summed E-state index contributed by atoms with van der Waals surface area (Å²) in [6, 6.07) is 0. The average Bonchev–Trinajstić information content (AvgIpc) is 2.13. The Labute approximate surface area is 86.1 Å². The van der Waals surface area contributed by atoms with Gasteiger partial charge < -0.3 is 9.47 Å². The summed E-state index contributed by atoms with van der Waals surface area (Å²) in [6.45, 7) is 0.713. The standard InChI is InChI=1S/C8H14F2O3S/c1-3-13-7(11)8(9,10)6-12-4-5-14-2/h3-6H2,1-2H3. The maximum atomic E-state index is 12.8. The Balaban J connectivity index is 3.76. The van der Waals surface area contributed by atoms with Gasteiger partial charge in [0.1, 0.15) is 6.61 Å². The van der Waals surface area contributed by atoms with E-state index in [2.05, 4.69) is 9.47 Å². The van der Waals surface area contributed by atoms with Gasteiger partial charge in [0, 0.05) is 5.75 Å². The van der Waals surface area contributed by atoms with Gasteiger partial charge in [0.25, 0.3) is 0 Å². The van der Waals surface area contributed by atoms with E-state index in [1.807, 2.05) is 6.26 Å². The summed E-state index contributed by atoms with van der Waals surface area (Å²) in [5.41, 5.74) is 0. The number of rotatable bonds is 7. The van der Waals surface area contributed by atoms with Crippen molar-refractivity contribution in [1.82, 2.24) is 0 Å². The number of hydrogen-bond donors (Lipinski definition) is 0. The molecule has 0 rings (SSSR count). The number of esters is 1. The van der Waals surface area contributed by atoms with Gasteiger partial charge in [-0.2, -0.15) is 20.5 Å². The molecule has 0 amide bonds. The van der Waals surface area contributed by atoms with Gasteiger partial charge in [-0.3, -0.25) is 0 Å². The van der Waals surface area contributed by atoms with Crippen LogP contribution in [-0.2, 0) is 14.3 Å². The molecule has 0 saturated carbocycles. The molecule has 0 N–H and O–H groups in total. The second kappa shape index (κ2) is 7.00. The molecule has 0 spiro atoms. The van der Waals surface area contributed by atoms with E-state index in [1.54, 1.807) is 0 Å². The molecule has 3 nitrogen and oxygen atoms in total. The molecule has 0 atom stereocenters. The molecule has 0 bridgehead atoms. The van der Waals surface area contributed by atoms with E-state index in [1.165, 1.54) is 18.7 Å². The quantitative estimate of drug-likeness (QED) is 0.489. The first-order valence-electron chi connectivity index (χ1n) is 4.16. The minimum absolute atomic E-state index is 0.0563. The van der Waals surface area contributed by atoms with Gasteiger partial charge in [-0.05, 0) is 13.2 Å². The summed E-state index contributed by atoms with van der Waals surface area (Å²) in [5, 5.41) is 0. The van der Waals surface area contributed by atoms with Crippen LogP contribution in [0.15, 0.2) is 0 Å². The fourth-order valence-electron chi connectivity index (χ4n) is 0.638. The fourth-order valence-corrected chi connectivity index (χ4v) is 0.923. The van der Waals surface area contributed by atoms with Gasteiger partial charge in [0.15, 0.2) is 0 Å². The van der Waals surface area contributed by atoms with Crippen molar-refractivity contribution in [2.75, 3.05) is 31.8 Å². The largest absolute Gasteiger partial charge is 0.461 e. The lowest BCUT2D eigenvalue weighted by Crippen LogP contribution is -2.36. The van der Waals surface area contributed by atoms with Crippen LogP contribution in [0.1, 0.15) is 6.92 Å². The highest BCUT2D eigenvalue weighted by molar-refractivity contribution is 7.98. The number of carbonyl (C=O) groups is 1. The Bertz CT molecular complexity index is 176. The van der Waals surface area contributed by atoms with Crippen LogP contribution in [0.25, 0.3) is 0 Å². The van der Waals surface area contributed by atoms with Crippen molar-refractivity contribution in [3.63, 3.8) is 0 Å². The van der Waals surface area contributed by atoms with Gasteiger partial charge >= 0.3 is 11.9 Å². The van der Waals surface area contributed by atoms with Crippen LogP contribution in [-0.4, -0.2) is 43.7 Å². The molecule has 6 heteroatoms. The number of thioether (sulfide) groups is 1. The Kier molecular flexibility index (Phi) is 6.82. The van der Waals surface area contributed by atoms with Crippen molar-refractivity contribution in [3.8, 4) is 0 Å². The SMILES string of the molecule is CCOC(=O)C(F)(F)COCCSC. The molecular formula is C8H14F2O3S. The Hall–Kier alpha value is -0.360. The maximum absolute atomic E-state index is 12.8. The third-order valence-corrected chi connectivity index (χ3v) is 1.86. The van der Waals surface area contributed by atoms with Crippen LogP contribution in [0.3, 0.4) is 0 Å². The topological polar surface area (TPSA) is 35.5 Å². The van der Waals surface area contributed by atoms with Gasteiger partial charge in [0.2, 0.25) is 0 Å². The van der Waals surface area contributed by atoms with E-state index in [-0.39, 0.29) is 13.2 Å². The molecule has 0 fully saturated rings. The number of alkyl halides is 2. The summed E-state index contributed by atoms with van der Waals surface area (Å²) in [5.74, 6) is -4.43. The zero-order valence-corrected chi connectivity index (χ0v) is 9.03.